The van der Waals surface area contributed by atoms with Gasteiger partial charge in [0.15, 0.2) is 0 Å². The first-order valence-electron chi connectivity index (χ1n) is 6.61. The van der Waals surface area contributed by atoms with Gasteiger partial charge in [0.25, 0.3) is 0 Å². The van der Waals surface area contributed by atoms with Gasteiger partial charge < -0.3 is 16.0 Å². The average molecular weight is 307 g/mol. The van der Waals surface area contributed by atoms with E-state index >= 15 is 0 Å². The molecule has 0 spiro atoms. The summed E-state index contributed by atoms with van der Waals surface area (Å²) in [5, 5.41) is 8.14. The Morgan fingerprint density at radius 2 is 2.05 bits per heavy atom. The average Bonchev–Trinajstić information content (AvgIpc) is 2.43. The maximum Gasteiger partial charge on any atom is 0.234 e. The third-order valence-electron chi connectivity index (χ3n) is 2.86. The molecule has 0 radical (unpaired) electrons. The van der Waals surface area contributed by atoms with E-state index in [2.05, 4.69) is 16.0 Å². The highest BCUT2D eigenvalue weighted by atomic mass is 32.2. The van der Waals surface area contributed by atoms with Crippen LogP contribution in [0.2, 0.25) is 0 Å². The van der Waals surface area contributed by atoms with Crippen molar-refractivity contribution in [3.05, 3.63) is 23.8 Å². The van der Waals surface area contributed by atoms with E-state index in [4.69, 9.17) is 0 Å². The van der Waals surface area contributed by atoms with Crippen LogP contribution in [0.1, 0.15) is 12.5 Å². The van der Waals surface area contributed by atoms with Gasteiger partial charge in [-0.1, -0.05) is 6.07 Å². The number of thioether (sulfide) groups is 1. The van der Waals surface area contributed by atoms with Crippen molar-refractivity contribution in [2.45, 2.75) is 18.2 Å². The monoisotopic (exact) mass is 307 g/mol. The fraction of sp³-hybridized carbons (Fsp3) is 0.357. The molecule has 6 nitrogen and oxygen atoms in total. The molecule has 1 aliphatic heterocycles. The molecule has 0 bridgehead atoms. The summed E-state index contributed by atoms with van der Waals surface area (Å²) in [6.07, 6.45) is 0.244. The van der Waals surface area contributed by atoms with Crippen molar-refractivity contribution < 1.29 is 14.4 Å². The van der Waals surface area contributed by atoms with Gasteiger partial charge in [-0.25, -0.2) is 0 Å². The molecule has 0 aliphatic carbocycles. The first-order chi connectivity index (χ1) is 10.0. The molecule has 1 aliphatic rings. The number of anilines is 1. The van der Waals surface area contributed by atoms with Gasteiger partial charge >= 0.3 is 0 Å². The van der Waals surface area contributed by atoms with Crippen molar-refractivity contribution in [2.24, 2.45) is 0 Å². The van der Waals surface area contributed by atoms with Gasteiger partial charge in [-0.2, -0.15) is 0 Å². The Bertz CT molecular complexity index is 575. The molecule has 0 saturated heterocycles. The fourth-order valence-electron chi connectivity index (χ4n) is 1.93. The number of carbonyl (C=O) groups is 3. The lowest BCUT2D eigenvalue weighted by atomic mass is 10.1. The third kappa shape index (κ3) is 4.78. The summed E-state index contributed by atoms with van der Waals surface area (Å²) < 4.78 is 0. The summed E-state index contributed by atoms with van der Waals surface area (Å²) >= 11 is 1.49. The minimum absolute atomic E-state index is 0.0237. The molecule has 0 atom stereocenters. The van der Waals surface area contributed by atoms with Crippen LogP contribution in [0.15, 0.2) is 23.1 Å². The standard InChI is InChI=1S/C14H17N3O3S/c1-9(18)15-4-5-16-13(19)7-10-2-3-12-11(6-10)17-14(20)8-21-12/h2-3,6H,4-5,7-8H2,1H3,(H,15,18)(H,16,19)(H,17,20). The Morgan fingerprint density at radius 1 is 1.29 bits per heavy atom. The lowest BCUT2D eigenvalue weighted by Gasteiger charge is -2.17. The van der Waals surface area contributed by atoms with E-state index in [0.29, 0.717) is 18.8 Å². The lowest BCUT2D eigenvalue weighted by molar-refractivity contribution is -0.121. The minimum atomic E-state index is -0.118. The number of hydrogen-bond acceptors (Lipinski definition) is 4. The molecule has 0 aromatic heterocycles. The van der Waals surface area contributed by atoms with Crippen LogP contribution in [-0.4, -0.2) is 36.6 Å². The molecule has 2 rings (SSSR count). The highest BCUT2D eigenvalue weighted by Gasteiger charge is 2.16. The zero-order valence-corrected chi connectivity index (χ0v) is 12.5. The van der Waals surface area contributed by atoms with E-state index in [0.717, 1.165) is 16.1 Å². The second-order valence-electron chi connectivity index (χ2n) is 4.68. The molecule has 21 heavy (non-hydrogen) atoms. The quantitative estimate of drug-likeness (QED) is 0.692. The van der Waals surface area contributed by atoms with Crippen LogP contribution in [0, 0.1) is 0 Å². The molecular formula is C14H17N3O3S. The van der Waals surface area contributed by atoms with E-state index in [1.54, 1.807) is 0 Å². The number of benzene rings is 1. The predicted molar refractivity (Wildman–Crippen MR) is 81.2 cm³/mol. The summed E-state index contributed by atoms with van der Waals surface area (Å²) in [6, 6.07) is 5.63. The van der Waals surface area contributed by atoms with Crippen LogP contribution in [0.3, 0.4) is 0 Å². The van der Waals surface area contributed by atoms with Crippen LogP contribution in [0.4, 0.5) is 5.69 Å². The number of hydrogen-bond donors (Lipinski definition) is 3. The zero-order valence-electron chi connectivity index (χ0n) is 11.7. The van der Waals surface area contributed by atoms with E-state index in [-0.39, 0.29) is 24.1 Å². The van der Waals surface area contributed by atoms with E-state index in [1.165, 1.54) is 18.7 Å². The number of amides is 3. The lowest BCUT2D eigenvalue weighted by Crippen LogP contribution is -2.34. The molecule has 7 heteroatoms. The number of fused-ring (bicyclic) bond motifs is 1. The molecule has 3 amide bonds. The smallest absolute Gasteiger partial charge is 0.234 e. The predicted octanol–water partition coefficient (Wildman–Crippen LogP) is 0.526. The van der Waals surface area contributed by atoms with Gasteiger partial charge in [0.2, 0.25) is 17.7 Å². The van der Waals surface area contributed by atoms with Crippen LogP contribution in [0.5, 0.6) is 0 Å². The molecule has 1 heterocycles. The van der Waals surface area contributed by atoms with Crippen molar-refractivity contribution in [3.63, 3.8) is 0 Å². The van der Waals surface area contributed by atoms with Crippen molar-refractivity contribution in [2.75, 3.05) is 24.2 Å². The summed E-state index contributed by atoms with van der Waals surface area (Å²) in [6.45, 7) is 2.25. The maximum absolute atomic E-state index is 11.8. The van der Waals surface area contributed by atoms with Crippen molar-refractivity contribution >= 4 is 35.2 Å². The largest absolute Gasteiger partial charge is 0.355 e. The molecule has 0 saturated carbocycles. The summed E-state index contributed by atoms with van der Waals surface area (Å²) in [5.74, 6) is 0.169. The first-order valence-corrected chi connectivity index (χ1v) is 7.60. The fourth-order valence-corrected chi connectivity index (χ4v) is 2.72. The van der Waals surface area contributed by atoms with E-state index in [1.807, 2.05) is 18.2 Å². The van der Waals surface area contributed by atoms with Crippen LogP contribution < -0.4 is 16.0 Å². The topological polar surface area (TPSA) is 87.3 Å². The molecule has 112 valence electrons. The molecule has 3 N–H and O–H groups in total. The molecular weight excluding hydrogens is 290 g/mol. The highest BCUT2D eigenvalue weighted by Crippen LogP contribution is 2.31. The SMILES string of the molecule is CC(=O)NCCNC(=O)Cc1ccc2c(c1)NC(=O)CS2. The minimum Gasteiger partial charge on any atom is -0.355 e. The van der Waals surface area contributed by atoms with Crippen LogP contribution in [0.25, 0.3) is 0 Å². The van der Waals surface area contributed by atoms with Crippen LogP contribution >= 0.6 is 11.8 Å². The summed E-state index contributed by atoms with van der Waals surface area (Å²) in [7, 11) is 0. The highest BCUT2D eigenvalue weighted by molar-refractivity contribution is 8.00. The first kappa shape index (κ1) is 15.4. The van der Waals surface area contributed by atoms with Gasteiger partial charge in [-0.05, 0) is 17.7 Å². The second kappa shape index (κ2) is 7.12. The summed E-state index contributed by atoms with van der Waals surface area (Å²) in [5.41, 5.74) is 1.60. The Kier molecular flexibility index (Phi) is 5.21. The van der Waals surface area contributed by atoms with Gasteiger partial charge in [0, 0.05) is 24.9 Å². The van der Waals surface area contributed by atoms with Crippen LogP contribution in [-0.2, 0) is 20.8 Å². The number of rotatable bonds is 5. The molecule has 0 unspecified atom stereocenters. The van der Waals surface area contributed by atoms with Gasteiger partial charge in [-0.3, -0.25) is 14.4 Å². The Morgan fingerprint density at radius 3 is 2.81 bits per heavy atom. The number of nitrogens with one attached hydrogen (secondary N) is 3. The Labute approximate surface area is 127 Å². The normalized spacial score (nSPS) is 13.1. The molecule has 1 aromatic rings. The van der Waals surface area contributed by atoms with Crippen molar-refractivity contribution in [1.29, 1.82) is 0 Å². The second-order valence-corrected chi connectivity index (χ2v) is 5.69. The maximum atomic E-state index is 11.8. The molecule has 1 aromatic carbocycles. The summed E-state index contributed by atoms with van der Waals surface area (Å²) in [4.78, 5) is 34.8. The van der Waals surface area contributed by atoms with Gasteiger partial charge in [-0.15, -0.1) is 11.8 Å². The van der Waals surface area contributed by atoms with E-state index < -0.39 is 0 Å². The van der Waals surface area contributed by atoms with Crippen molar-refractivity contribution in [1.82, 2.24) is 10.6 Å². The van der Waals surface area contributed by atoms with Gasteiger partial charge in [0.1, 0.15) is 0 Å². The Hall–Kier alpha value is -2.02. The number of carbonyl (C=O) groups excluding carboxylic acids is 3. The van der Waals surface area contributed by atoms with E-state index in [9.17, 15) is 14.4 Å². The Balaban J connectivity index is 1.85. The third-order valence-corrected chi connectivity index (χ3v) is 3.94. The van der Waals surface area contributed by atoms with Crippen molar-refractivity contribution in [3.8, 4) is 0 Å². The molecule has 0 fully saturated rings. The van der Waals surface area contributed by atoms with Gasteiger partial charge in [0.05, 0.1) is 17.9 Å². The zero-order chi connectivity index (χ0) is 15.2.